The maximum absolute atomic E-state index is 13.5. The summed E-state index contributed by atoms with van der Waals surface area (Å²) < 4.78 is 93.8. The van der Waals surface area contributed by atoms with Crippen molar-refractivity contribution in [2.75, 3.05) is 13.2 Å². The molecule has 0 fully saturated rings. The summed E-state index contributed by atoms with van der Waals surface area (Å²) >= 11 is 0. The predicted octanol–water partition coefficient (Wildman–Crippen LogP) is 7.81. The summed E-state index contributed by atoms with van der Waals surface area (Å²) in [6, 6.07) is 0. The zero-order valence-electron chi connectivity index (χ0n) is 19.6. The van der Waals surface area contributed by atoms with E-state index in [9.17, 15) is 35.5 Å². The molecule has 0 rings (SSSR count). The average Bonchev–Trinajstić information content (AvgIpc) is 2.71. The predicted molar refractivity (Wildman–Crippen MR) is 114 cm³/mol. The molecule has 1 amide bonds. The molecule has 2 N–H and O–H groups in total. The van der Waals surface area contributed by atoms with Crippen LogP contribution in [0, 0.1) is 5.41 Å². The Morgan fingerprint density at radius 3 is 1.45 bits per heavy atom. The first-order valence-electron chi connectivity index (χ1n) is 12.0. The molecule has 0 heterocycles. The minimum absolute atomic E-state index is 0.171. The van der Waals surface area contributed by atoms with Gasteiger partial charge in [-0.1, -0.05) is 96.8 Å². The Morgan fingerprint density at radius 2 is 1.12 bits per heavy atom. The number of halogens is 7. The van der Waals surface area contributed by atoms with Crippen molar-refractivity contribution in [2.45, 2.75) is 122 Å². The van der Waals surface area contributed by atoms with Crippen LogP contribution in [0.3, 0.4) is 0 Å². The molecule has 0 aliphatic heterocycles. The third kappa shape index (κ3) is 12.8. The van der Waals surface area contributed by atoms with Gasteiger partial charge in [-0.05, 0) is 6.42 Å². The van der Waals surface area contributed by atoms with Crippen molar-refractivity contribution in [3.05, 3.63) is 0 Å². The van der Waals surface area contributed by atoms with Crippen LogP contribution in [0.1, 0.15) is 103 Å². The zero-order valence-corrected chi connectivity index (χ0v) is 19.6. The molecule has 0 spiro atoms. The van der Waals surface area contributed by atoms with E-state index >= 15 is 0 Å². The van der Waals surface area contributed by atoms with E-state index in [0.717, 1.165) is 32.1 Å². The topological polar surface area (TPSA) is 52.3 Å². The highest BCUT2D eigenvalue weighted by molar-refractivity contribution is 5.81. The van der Waals surface area contributed by atoms with E-state index in [0.29, 0.717) is 6.42 Å². The van der Waals surface area contributed by atoms with Gasteiger partial charge < -0.3 is 10.5 Å². The third-order valence-corrected chi connectivity index (χ3v) is 5.94. The molecule has 0 saturated heterocycles. The van der Waals surface area contributed by atoms with E-state index in [1.54, 1.807) is 0 Å². The number of ether oxygens (including phenoxy) is 1. The van der Waals surface area contributed by atoms with E-state index < -0.39 is 49.5 Å². The van der Waals surface area contributed by atoms with Gasteiger partial charge in [-0.3, -0.25) is 4.79 Å². The second-order valence-electron chi connectivity index (χ2n) is 8.86. The molecular weight excluding hydrogens is 455 g/mol. The maximum Gasteiger partial charge on any atom is 0.455 e. The standard InChI is InChI=1S/C23H40F7NO2/c1-2-3-4-5-6-7-8-9-10-11-12-13-14-15-16-21(19(24)25,20(31)32)17-33-18-22(26,27)23(28,29)30/h19H,2-18H2,1H3,(H2,31,32). The van der Waals surface area contributed by atoms with Crippen LogP contribution in [0.2, 0.25) is 0 Å². The number of carbonyl (C=O) groups is 1. The molecule has 0 aromatic rings. The highest BCUT2D eigenvalue weighted by atomic mass is 19.4. The fraction of sp³-hybridized carbons (Fsp3) is 0.957. The van der Waals surface area contributed by atoms with Gasteiger partial charge in [0.15, 0.2) is 0 Å². The van der Waals surface area contributed by atoms with Gasteiger partial charge in [-0.15, -0.1) is 0 Å². The molecule has 0 aliphatic carbocycles. The van der Waals surface area contributed by atoms with Gasteiger partial charge in [0.1, 0.15) is 12.0 Å². The van der Waals surface area contributed by atoms with Gasteiger partial charge >= 0.3 is 12.1 Å². The van der Waals surface area contributed by atoms with Gasteiger partial charge in [0.05, 0.1) is 6.61 Å². The Morgan fingerprint density at radius 1 is 0.727 bits per heavy atom. The average molecular weight is 496 g/mol. The molecular formula is C23H40F7NO2. The fourth-order valence-electron chi connectivity index (χ4n) is 3.62. The summed E-state index contributed by atoms with van der Waals surface area (Å²) in [4.78, 5) is 11.6. The smallest absolute Gasteiger partial charge is 0.373 e. The summed E-state index contributed by atoms with van der Waals surface area (Å²) in [6.07, 6.45) is 4.80. The molecule has 0 bridgehead atoms. The van der Waals surface area contributed by atoms with Crippen molar-refractivity contribution < 1.29 is 40.3 Å². The Balaban J connectivity index is 4.16. The van der Waals surface area contributed by atoms with Crippen molar-refractivity contribution in [2.24, 2.45) is 11.1 Å². The summed E-state index contributed by atoms with van der Waals surface area (Å²) in [6.45, 7) is -1.24. The maximum atomic E-state index is 13.5. The molecule has 0 aromatic heterocycles. The second-order valence-corrected chi connectivity index (χ2v) is 8.86. The van der Waals surface area contributed by atoms with Crippen LogP contribution in [0.4, 0.5) is 30.7 Å². The van der Waals surface area contributed by atoms with E-state index in [2.05, 4.69) is 11.7 Å². The fourth-order valence-corrected chi connectivity index (χ4v) is 3.62. The molecule has 0 aliphatic rings. The quantitative estimate of drug-likeness (QED) is 0.130. The zero-order chi connectivity index (χ0) is 25.4. The van der Waals surface area contributed by atoms with Crippen LogP contribution < -0.4 is 5.73 Å². The highest BCUT2D eigenvalue weighted by Crippen LogP contribution is 2.37. The highest BCUT2D eigenvalue weighted by Gasteiger charge is 2.58. The SMILES string of the molecule is CCCCCCCCCCCCCCCCC(COCC(F)(F)C(F)(F)F)(C(N)=O)C(F)F. The van der Waals surface area contributed by atoms with E-state index in [-0.39, 0.29) is 6.42 Å². The number of hydrogen-bond donors (Lipinski definition) is 1. The molecule has 3 nitrogen and oxygen atoms in total. The monoisotopic (exact) mass is 495 g/mol. The number of alkyl halides is 7. The van der Waals surface area contributed by atoms with Crippen molar-refractivity contribution >= 4 is 5.91 Å². The Kier molecular flexibility index (Phi) is 16.0. The lowest BCUT2D eigenvalue weighted by Crippen LogP contribution is -2.48. The number of amides is 1. The Bertz CT molecular complexity index is 516. The molecule has 0 aromatic carbocycles. The van der Waals surface area contributed by atoms with Crippen LogP contribution in [0.15, 0.2) is 0 Å². The molecule has 1 unspecified atom stereocenters. The second kappa shape index (κ2) is 16.5. The minimum Gasteiger partial charge on any atom is -0.373 e. The summed E-state index contributed by atoms with van der Waals surface area (Å²) in [5.74, 6) is -6.67. The first-order chi connectivity index (χ1) is 15.4. The van der Waals surface area contributed by atoms with Gasteiger partial charge in [0, 0.05) is 0 Å². The number of rotatable bonds is 21. The summed E-state index contributed by atoms with van der Waals surface area (Å²) in [5.41, 5.74) is 2.47. The number of hydrogen-bond acceptors (Lipinski definition) is 2. The first kappa shape index (κ1) is 31.9. The number of primary amides is 1. The summed E-state index contributed by atoms with van der Waals surface area (Å²) in [5, 5.41) is 0. The van der Waals surface area contributed by atoms with Gasteiger partial charge in [-0.25, -0.2) is 8.78 Å². The number of carbonyl (C=O) groups excluding carboxylic acids is 1. The lowest BCUT2D eigenvalue weighted by atomic mass is 9.82. The normalized spacial score (nSPS) is 14.6. The van der Waals surface area contributed by atoms with Crippen LogP contribution in [0.25, 0.3) is 0 Å². The Hall–Kier alpha value is -1.06. The van der Waals surface area contributed by atoms with Crippen LogP contribution in [-0.4, -0.2) is 37.6 Å². The van der Waals surface area contributed by atoms with Crippen molar-refractivity contribution in [1.82, 2.24) is 0 Å². The van der Waals surface area contributed by atoms with Crippen molar-refractivity contribution in [3.8, 4) is 0 Å². The first-order valence-corrected chi connectivity index (χ1v) is 12.0. The van der Waals surface area contributed by atoms with Crippen LogP contribution >= 0.6 is 0 Å². The van der Waals surface area contributed by atoms with Crippen LogP contribution in [0.5, 0.6) is 0 Å². The molecule has 10 heteroatoms. The van der Waals surface area contributed by atoms with Crippen molar-refractivity contribution in [3.63, 3.8) is 0 Å². The molecule has 198 valence electrons. The Labute approximate surface area is 193 Å². The molecule has 33 heavy (non-hydrogen) atoms. The minimum atomic E-state index is -5.87. The van der Waals surface area contributed by atoms with E-state index in [1.165, 1.54) is 44.9 Å². The van der Waals surface area contributed by atoms with E-state index in [1.807, 2.05) is 0 Å². The lowest BCUT2D eigenvalue weighted by molar-refractivity contribution is -0.298. The lowest BCUT2D eigenvalue weighted by Gasteiger charge is -2.30. The number of nitrogens with two attached hydrogens (primary N) is 1. The van der Waals surface area contributed by atoms with Gasteiger partial charge in [-0.2, -0.15) is 22.0 Å². The van der Waals surface area contributed by atoms with Crippen molar-refractivity contribution in [1.29, 1.82) is 0 Å². The largest absolute Gasteiger partial charge is 0.455 e. The van der Waals surface area contributed by atoms with Gasteiger partial charge in [0.2, 0.25) is 5.91 Å². The summed E-state index contributed by atoms with van der Waals surface area (Å²) in [7, 11) is 0. The number of unbranched alkanes of at least 4 members (excludes halogenated alkanes) is 13. The van der Waals surface area contributed by atoms with Crippen LogP contribution in [-0.2, 0) is 9.53 Å². The third-order valence-electron chi connectivity index (χ3n) is 5.94. The van der Waals surface area contributed by atoms with E-state index in [4.69, 9.17) is 5.73 Å². The molecule has 1 atom stereocenters. The molecule has 0 saturated carbocycles. The molecule has 0 radical (unpaired) electrons. The van der Waals surface area contributed by atoms with Gasteiger partial charge in [0.25, 0.3) is 6.43 Å².